The third kappa shape index (κ3) is 7.84. The number of aryl methyl sites for hydroxylation is 1. The van der Waals surface area contributed by atoms with E-state index >= 15 is 0 Å². The largest absolute Gasteiger partial charge is 0.573 e. The summed E-state index contributed by atoms with van der Waals surface area (Å²) in [5, 5.41) is 13.5. The van der Waals surface area contributed by atoms with Crippen LogP contribution in [0, 0.1) is 29.1 Å². The van der Waals surface area contributed by atoms with Crippen LogP contribution in [-0.2, 0) is 20.8 Å². The van der Waals surface area contributed by atoms with E-state index in [-0.39, 0.29) is 59.5 Å². The molecule has 2 aromatic carbocycles. The van der Waals surface area contributed by atoms with Crippen molar-refractivity contribution >= 4 is 34.8 Å². The summed E-state index contributed by atoms with van der Waals surface area (Å²) in [7, 11) is 0. The summed E-state index contributed by atoms with van der Waals surface area (Å²) in [6, 6.07) is 7.34. The number of anilines is 2. The highest BCUT2D eigenvalue weighted by molar-refractivity contribution is 5.97. The number of fused-ring (bicyclic) bond motifs is 1. The van der Waals surface area contributed by atoms with Crippen LogP contribution in [0.2, 0.25) is 0 Å². The Morgan fingerprint density at radius 3 is 2.30 bits per heavy atom. The minimum absolute atomic E-state index is 0.00512. The van der Waals surface area contributed by atoms with Crippen molar-refractivity contribution in [2.75, 3.05) is 18.5 Å². The normalized spacial score (nSPS) is 16.0. The summed E-state index contributed by atoms with van der Waals surface area (Å²) < 4.78 is 60.4. The van der Waals surface area contributed by atoms with E-state index in [0.29, 0.717) is 22.2 Å². The van der Waals surface area contributed by atoms with Gasteiger partial charge in [0, 0.05) is 11.6 Å². The molecule has 0 spiro atoms. The highest BCUT2D eigenvalue weighted by atomic mass is 19.4. The van der Waals surface area contributed by atoms with E-state index in [1.54, 1.807) is 13.8 Å². The van der Waals surface area contributed by atoms with Crippen molar-refractivity contribution in [3.05, 3.63) is 46.5 Å². The first-order valence-corrected chi connectivity index (χ1v) is 15.1. The monoisotopic (exact) mass is 644 g/mol. The van der Waals surface area contributed by atoms with Gasteiger partial charge in [-0.25, -0.2) is 14.6 Å². The first kappa shape index (κ1) is 34.4. The molecule has 4 rings (SSSR count). The second-order valence-corrected chi connectivity index (χ2v) is 13.0. The smallest absolute Gasteiger partial charge is 0.462 e. The fourth-order valence-electron chi connectivity index (χ4n) is 6.75. The predicted molar refractivity (Wildman–Crippen MR) is 164 cm³/mol. The fourth-order valence-corrected chi connectivity index (χ4v) is 6.75. The molecule has 0 saturated heterocycles. The van der Waals surface area contributed by atoms with Gasteiger partial charge in [-0.05, 0) is 80.7 Å². The van der Waals surface area contributed by atoms with E-state index in [2.05, 4.69) is 43.8 Å². The topological polar surface area (TPSA) is 125 Å². The first-order chi connectivity index (χ1) is 21.5. The number of hydrogen-bond acceptors (Lipinski definition) is 9. The lowest BCUT2D eigenvalue weighted by Crippen LogP contribution is -2.35. The van der Waals surface area contributed by atoms with E-state index in [4.69, 9.17) is 19.2 Å². The summed E-state index contributed by atoms with van der Waals surface area (Å²) >= 11 is 0. The van der Waals surface area contributed by atoms with Crippen molar-refractivity contribution < 1.29 is 41.7 Å². The molecule has 248 valence electrons. The molecule has 0 unspecified atom stereocenters. The predicted octanol–water partition coefficient (Wildman–Crippen LogP) is 8.49. The van der Waals surface area contributed by atoms with Gasteiger partial charge >= 0.3 is 18.5 Å². The Morgan fingerprint density at radius 2 is 1.72 bits per heavy atom. The maximum atomic E-state index is 13.0. The van der Waals surface area contributed by atoms with Crippen molar-refractivity contribution in [1.29, 1.82) is 5.26 Å². The zero-order valence-corrected chi connectivity index (χ0v) is 27.1. The summed E-state index contributed by atoms with van der Waals surface area (Å²) in [5.74, 6) is -1.16. The molecule has 1 aliphatic rings. The van der Waals surface area contributed by atoms with E-state index in [9.17, 15) is 28.0 Å². The summed E-state index contributed by atoms with van der Waals surface area (Å²) in [4.78, 5) is 29.7. The third-order valence-corrected chi connectivity index (χ3v) is 7.89. The number of halogens is 3. The maximum absolute atomic E-state index is 13.0. The van der Waals surface area contributed by atoms with Crippen LogP contribution in [0.15, 0.2) is 24.3 Å². The van der Waals surface area contributed by atoms with E-state index in [0.717, 1.165) is 31.4 Å². The quantitative estimate of drug-likeness (QED) is 0.228. The Bertz CT molecular complexity index is 1660. The molecular formula is C33H39F3N4O6. The minimum atomic E-state index is -4.96. The van der Waals surface area contributed by atoms with Gasteiger partial charge in [0.1, 0.15) is 23.9 Å². The molecule has 0 atom stereocenters. The van der Waals surface area contributed by atoms with Crippen LogP contribution in [-0.4, -0.2) is 41.3 Å². The van der Waals surface area contributed by atoms with Crippen LogP contribution in [0.4, 0.5) is 29.6 Å². The van der Waals surface area contributed by atoms with E-state index in [1.807, 2.05) is 17.6 Å². The van der Waals surface area contributed by atoms with Gasteiger partial charge in [-0.2, -0.15) is 5.26 Å². The lowest BCUT2D eigenvalue weighted by Gasteiger charge is -2.45. The lowest BCUT2D eigenvalue weighted by atomic mass is 9.63. The Kier molecular flexibility index (Phi) is 9.80. The molecule has 1 heterocycles. The number of benzene rings is 2. The molecule has 0 amide bonds. The Balaban J connectivity index is 1.92. The van der Waals surface area contributed by atoms with Crippen LogP contribution >= 0.6 is 0 Å². The van der Waals surface area contributed by atoms with Crippen molar-refractivity contribution in [1.82, 2.24) is 9.55 Å². The standard InChI is InChI=1S/C33H39F3N4O6/c1-8-43-28(41)22-13-21(46-33(34,35)36)10-11-25(22)38-29-39-27-23(16-37)24(17-45-30(42)44-9-2)19(3)12-26(27)40(29)20-14-31(4,5)18-32(6,7)15-20/h10-13,20H,8-9,14-15,17-18H2,1-7H3,(H,38,39). The number of nitrogens with zero attached hydrogens (tertiary/aromatic N) is 3. The number of imidazole rings is 1. The molecule has 3 aromatic rings. The Labute approximate surface area is 265 Å². The molecular weight excluding hydrogens is 605 g/mol. The molecule has 1 saturated carbocycles. The number of nitrogens with one attached hydrogen (secondary N) is 1. The number of ether oxygens (including phenoxy) is 4. The van der Waals surface area contributed by atoms with Gasteiger partial charge in [0.2, 0.25) is 5.95 Å². The molecule has 1 aromatic heterocycles. The van der Waals surface area contributed by atoms with Crippen LogP contribution < -0.4 is 10.1 Å². The van der Waals surface area contributed by atoms with Crippen molar-refractivity contribution in [3.8, 4) is 11.8 Å². The summed E-state index contributed by atoms with van der Waals surface area (Å²) in [6.07, 6.45) is -3.30. The average Bonchev–Trinajstić information content (AvgIpc) is 3.27. The third-order valence-electron chi connectivity index (χ3n) is 7.89. The molecule has 46 heavy (non-hydrogen) atoms. The van der Waals surface area contributed by atoms with Gasteiger partial charge in [-0.1, -0.05) is 27.7 Å². The Morgan fingerprint density at radius 1 is 1.07 bits per heavy atom. The van der Waals surface area contributed by atoms with Gasteiger partial charge in [0.15, 0.2) is 0 Å². The van der Waals surface area contributed by atoms with Gasteiger partial charge < -0.3 is 28.8 Å². The van der Waals surface area contributed by atoms with Crippen LogP contribution in [0.1, 0.15) is 93.9 Å². The molecule has 1 fully saturated rings. The average molecular weight is 645 g/mol. The van der Waals surface area contributed by atoms with Crippen LogP contribution in [0.25, 0.3) is 11.0 Å². The highest BCUT2D eigenvalue weighted by Gasteiger charge is 2.41. The van der Waals surface area contributed by atoms with Crippen molar-refractivity contribution in [2.24, 2.45) is 10.8 Å². The van der Waals surface area contributed by atoms with Crippen LogP contribution in [0.3, 0.4) is 0 Å². The number of aromatic nitrogens is 2. The number of esters is 1. The summed E-state index contributed by atoms with van der Waals surface area (Å²) in [6.45, 7) is 13.7. The minimum Gasteiger partial charge on any atom is -0.462 e. The SMILES string of the molecule is CCOC(=O)OCc1c(C)cc2c(nc(Nc3ccc(OC(F)(F)F)cc3C(=O)OCC)n2C2CC(C)(C)CC(C)(C)C2)c1C#N. The van der Waals surface area contributed by atoms with E-state index < -0.39 is 24.2 Å². The zero-order valence-electron chi connectivity index (χ0n) is 27.1. The molecule has 0 bridgehead atoms. The first-order valence-electron chi connectivity index (χ1n) is 15.1. The number of carbonyl (C=O) groups excluding carboxylic acids is 2. The summed E-state index contributed by atoms with van der Waals surface area (Å²) in [5.41, 5.74) is 2.20. The van der Waals surface area contributed by atoms with Gasteiger partial charge in [-0.3, -0.25) is 0 Å². The lowest BCUT2D eigenvalue weighted by molar-refractivity contribution is -0.274. The molecule has 13 heteroatoms. The number of nitriles is 1. The second-order valence-electron chi connectivity index (χ2n) is 13.0. The number of hydrogen-bond donors (Lipinski definition) is 1. The molecule has 10 nitrogen and oxygen atoms in total. The molecule has 1 aliphatic carbocycles. The number of rotatable bonds is 9. The van der Waals surface area contributed by atoms with Crippen molar-refractivity contribution in [2.45, 2.75) is 86.7 Å². The molecule has 0 aliphatic heterocycles. The highest BCUT2D eigenvalue weighted by Crippen LogP contribution is 2.52. The molecule has 0 radical (unpaired) electrons. The molecule has 1 N–H and O–H groups in total. The van der Waals surface area contributed by atoms with Gasteiger partial charge in [0.25, 0.3) is 0 Å². The fraction of sp³-hybridized carbons (Fsp3) is 0.515. The van der Waals surface area contributed by atoms with E-state index in [1.165, 1.54) is 6.07 Å². The van der Waals surface area contributed by atoms with Gasteiger partial charge in [0.05, 0.1) is 35.5 Å². The zero-order chi connectivity index (χ0) is 34.0. The van der Waals surface area contributed by atoms with Crippen molar-refractivity contribution in [3.63, 3.8) is 0 Å². The number of alkyl halides is 3. The Hall–Kier alpha value is -4.47. The van der Waals surface area contributed by atoms with Gasteiger partial charge in [-0.15, -0.1) is 13.2 Å². The number of carbonyl (C=O) groups is 2. The van der Waals surface area contributed by atoms with Crippen LogP contribution in [0.5, 0.6) is 5.75 Å². The second kappa shape index (κ2) is 13.1. The maximum Gasteiger partial charge on any atom is 0.573 e.